The second kappa shape index (κ2) is 4.65. The summed E-state index contributed by atoms with van der Waals surface area (Å²) < 4.78 is 5.00. The lowest BCUT2D eigenvalue weighted by Gasteiger charge is -1.95. The Hall–Kier alpha value is -2.37. The third kappa shape index (κ3) is 2.41. The van der Waals surface area contributed by atoms with Crippen molar-refractivity contribution < 1.29 is 9.32 Å². The van der Waals surface area contributed by atoms with Gasteiger partial charge >= 0.3 is 0 Å². The molecule has 6 nitrogen and oxygen atoms in total. The summed E-state index contributed by atoms with van der Waals surface area (Å²) in [6.07, 6.45) is 0. The second-order valence-corrected chi connectivity index (χ2v) is 3.40. The summed E-state index contributed by atoms with van der Waals surface area (Å²) in [4.78, 5) is 15.4. The van der Waals surface area contributed by atoms with Crippen molar-refractivity contribution in [2.75, 3.05) is 12.3 Å². The molecule has 1 heterocycles. The third-order valence-electron chi connectivity index (χ3n) is 2.12. The molecule has 0 aliphatic carbocycles. The molecule has 0 aliphatic heterocycles. The molecule has 2 aromatic rings. The monoisotopic (exact) mass is 232 g/mol. The highest BCUT2D eigenvalue weighted by atomic mass is 16.5. The highest BCUT2D eigenvalue weighted by Gasteiger charge is 2.14. The maximum absolute atomic E-state index is 11.4. The van der Waals surface area contributed by atoms with Crippen LogP contribution in [0.15, 0.2) is 28.8 Å². The van der Waals surface area contributed by atoms with E-state index in [1.807, 2.05) is 6.92 Å². The van der Waals surface area contributed by atoms with E-state index in [1.165, 1.54) is 0 Å². The molecule has 0 radical (unpaired) electrons. The van der Waals surface area contributed by atoms with Crippen LogP contribution in [0, 0.1) is 0 Å². The van der Waals surface area contributed by atoms with Crippen molar-refractivity contribution in [1.82, 2.24) is 15.5 Å². The van der Waals surface area contributed by atoms with Crippen molar-refractivity contribution in [3.8, 4) is 11.5 Å². The van der Waals surface area contributed by atoms with Crippen LogP contribution in [-0.4, -0.2) is 22.6 Å². The topological polar surface area (TPSA) is 94.0 Å². The van der Waals surface area contributed by atoms with Gasteiger partial charge in [-0.05, 0) is 31.2 Å². The Kier molecular flexibility index (Phi) is 3.04. The van der Waals surface area contributed by atoms with Crippen molar-refractivity contribution in [1.29, 1.82) is 0 Å². The number of carbonyl (C=O) groups excluding carboxylic acids is 1. The summed E-state index contributed by atoms with van der Waals surface area (Å²) in [5.41, 5.74) is 6.94. The van der Waals surface area contributed by atoms with Crippen LogP contribution in [0.2, 0.25) is 0 Å². The number of amides is 1. The average Bonchev–Trinajstić information content (AvgIpc) is 2.80. The van der Waals surface area contributed by atoms with Gasteiger partial charge in [-0.25, -0.2) is 0 Å². The molecular weight excluding hydrogens is 220 g/mol. The Morgan fingerprint density at radius 1 is 1.41 bits per heavy atom. The number of nitrogens with two attached hydrogens (primary N) is 1. The molecule has 6 heteroatoms. The largest absolute Gasteiger partial charge is 0.399 e. The van der Waals surface area contributed by atoms with E-state index in [9.17, 15) is 4.79 Å². The molecule has 0 bridgehead atoms. The smallest absolute Gasteiger partial charge is 0.292 e. The van der Waals surface area contributed by atoms with Gasteiger partial charge in [-0.2, -0.15) is 4.98 Å². The van der Waals surface area contributed by atoms with Crippen LogP contribution in [0.1, 0.15) is 17.5 Å². The van der Waals surface area contributed by atoms with Gasteiger partial charge in [0, 0.05) is 17.8 Å². The first-order valence-electron chi connectivity index (χ1n) is 5.18. The van der Waals surface area contributed by atoms with E-state index in [-0.39, 0.29) is 11.7 Å². The van der Waals surface area contributed by atoms with Crippen LogP contribution < -0.4 is 11.1 Å². The van der Waals surface area contributed by atoms with Gasteiger partial charge in [0.25, 0.3) is 17.6 Å². The average molecular weight is 232 g/mol. The number of nitrogens with zero attached hydrogens (tertiary/aromatic N) is 2. The first kappa shape index (κ1) is 11.1. The molecule has 0 aliphatic rings. The van der Waals surface area contributed by atoms with Gasteiger partial charge in [0.2, 0.25) is 0 Å². The van der Waals surface area contributed by atoms with Gasteiger partial charge in [-0.1, -0.05) is 5.16 Å². The number of hydrogen-bond donors (Lipinski definition) is 2. The molecule has 3 N–H and O–H groups in total. The van der Waals surface area contributed by atoms with Crippen molar-refractivity contribution in [2.24, 2.45) is 0 Å². The summed E-state index contributed by atoms with van der Waals surface area (Å²) >= 11 is 0. The summed E-state index contributed by atoms with van der Waals surface area (Å²) in [5, 5.41) is 6.20. The summed E-state index contributed by atoms with van der Waals surface area (Å²) in [6.45, 7) is 2.34. The van der Waals surface area contributed by atoms with Crippen molar-refractivity contribution in [2.45, 2.75) is 6.92 Å². The third-order valence-corrected chi connectivity index (χ3v) is 2.12. The zero-order chi connectivity index (χ0) is 12.3. The van der Waals surface area contributed by atoms with E-state index in [2.05, 4.69) is 15.5 Å². The Balaban J connectivity index is 2.23. The normalized spacial score (nSPS) is 10.2. The van der Waals surface area contributed by atoms with E-state index >= 15 is 0 Å². The fourth-order valence-corrected chi connectivity index (χ4v) is 1.30. The lowest BCUT2D eigenvalue weighted by atomic mass is 10.2. The van der Waals surface area contributed by atoms with Crippen LogP contribution in [0.25, 0.3) is 11.5 Å². The predicted octanol–water partition coefficient (Wildman–Crippen LogP) is 1.07. The number of benzene rings is 1. The molecule has 17 heavy (non-hydrogen) atoms. The number of nitrogen functional groups attached to an aromatic ring is 1. The standard InChI is InChI=1S/C11H12N4O2/c1-2-13-10(16)9-14-11(17-15-9)7-3-5-8(12)6-4-7/h3-6H,2,12H2,1H3,(H,13,16). The van der Waals surface area contributed by atoms with E-state index in [1.54, 1.807) is 24.3 Å². The number of carbonyl (C=O) groups is 1. The van der Waals surface area contributed by atoms with Crippen LogP contribution >= 0.6 is 0 Å². The van der Waals surface area contributed by atoms with Gasteiger partial charge in [0.15, 0.2) is 0 Å². The number of nitrogens with one attached hydrogen (secondary N) is 1. The van der Waals surface area contributed by atoms with Gasteiger partial charge < -0.3 is 15.6 Å². The highest BCUT2D eigenvalue weighted by Crippen LogP contribution is 2.18. The minimum absolute atomic E-state index is 0.0266. The van der Waals surface area contributed by atoms with E-state index in [4.69, 9.17) is 10.3 Å². The second-order valence-electron chi connectivity index (χ2n) is 3.40. The quantitative estimate of drug-likeness (QED) is 0.772. The Labute approximate surface area is 97.8 Å². The predicted molar refractivity (Wildman–Crippen MR) is 62.2 cm³/mol. The molecule has 1 amide bonds. The van der Waals surface area contributed by atoms with Crippen molar-refractivity contribution in [3.63, 3.8) is 0 Å². The van der Waals surface area contributed by atoms with Crippen LogP contribution in [-0.2, 0) is 0 Å². The van der Waals surface area contributed by atoms with Gasteiger partial charge in [0.1, 0.15) is 0 Å². The summed E-state index contributed by atoms with van der Waals surface area (Å²) in [6, 6.07) is 6.96. The lowest BCUT2D eigenvalue weighted by Crippen LogP contribution is -2.23. The minimum Gasteiger partial charge on any atom is -0.399 e. The van der Waals surface area contributed by atoms with Crippen LogP contribution in [0.3, 0.4) is 0 Å². The fourth-order valence-electron chi connectivity index (χ4n) is 1.30. The number of aromatic nitrogens is 2. The summed E-state index contributed by atoms with van der Waals surface area (Å²) in [5.74, 6) is -0.0251. The maximum Gasteiger partial charge on any atom is 0.292 e. The molecule has 1 aromatic heterocycles. The molecule has 0 spiro atoms. The van der Waals surface area contributed by atoms with Crippen LogP contribution in [0.5, 0.6) is 0 Å². The van der Waals surface area contributed by atoms with E-state index in [0.717, 1.165) is 5.56 Å². The molecule has 2 rings (SSSR count). The van der Waals surface area contributed by atoms with E-state index in [0.29, 0.717) is 18.1 Å². The van der Waals surface area contributed by atoms with Crippen LogP contribution in [0.4, 0.5) is 5.69 Å². The van der Waals surface area contributed by atoms with Gasteiger partial charge in [-0.15, -0.1) is 0 Å². The SMILES string of the molecule is CCNC(=O)c1noc(-c2ccc(N)cc2)n1. The first-order chi connectivity index (χ1) is 8.20. The molecule has 0 atom stereocenters. The first-order valence-corrected chi connectivity index (χ1v) is 5.18. The molecule has 88 valence electrons. The van der Waals surface area contributed by atoms with Crippen molar-refractivity contribution >= 4 is 11.6 Å². The van der Waals surface area contributed by atoms with Gasteiger partial charge in [-0.3, -0.25) is 4.79 Å². The minimum atomic E-state index is -0.349. The zero-order valence-electron chi connectivity index (χ0n) is 9.30. The Morgan fingerprint density at radius 3 is 2.76 bits per heavy atom. The number of rotatable bonds is 3. The maximum atomic E-state index is 11.4. The van der Waals surface area contributed by atoms with E-state index < -0.39 is 0 Å². The Morgan fingerprint density at radius 2 is 2.12 bits per heavy atom. The number of anilines is 1. The molecular formula is C11H12N4O2. The molecule has 0 saturated heterocycles. The zero-order valence-corrected chi connectivity index (χ0v) is 9.30. The summed E-state index contributed by atoms with van der Waals surface area (Å²) in [7, 11) is 0. The molecule has 1 aromatic carbocycles. The lowest BCUT2D eigenvalue weighted by molar-refractivity contribution is 0.0942. The molecule has 0 fully saturated rings. The molecule has 0 unspecified atom stereocenters. The van der Waals surface area contributed by atoms with Crippen molar-refractivity contribution in [3.05, 3.63) is 30.1 Å². The highest BCUT2D eigenvalue weighted by molar-refractivity contribution is 5.90. The number of hydrogen-bond acceptors (Lipinski definition) is 5. The van der Waals surface area contributed by atoms with Gasteiger partial charge in [0.05, 0.1) is 0 Å². The molecule has 0 saturated carbocycles. The Bertz CT molecular complexity index is 519. The fraction of sp³-hybridized carbons (Fsp3) is 0.182.